The number of aliphatic carboxylic acids is 1. The van der Waals surface area contributed by atoms with Gasteiger partial charge < -0.3 is 15.0 Å². The van der Waals surface area contributed by atoms with E-state index in [0.29, 0.717) is 13.1 Å². The molecule has 20 heavy (non-hydrogen) atoms. The lowest BCUT2D eigenvalue weighted by molar-refractivity contribution is -0.134. The minimum atomic E-state index is -1.04. The van der Waals surface area contributed by atoms with Crippen LogP contribution < -0.4 is 16.6 Å². The summed E-state index contributed by atoms with van der Waals surface area (Å²) in [5, 5.41) is 11.3. The molecule has 9 heteroatoms. The van der Waals surface area contributed by atoms with Crippen LogP contribution >= 0.6 is 0 Å². The number of rotatable bonds is 5. The molecule has 2 aromatic heterocycles. The number of hydrogen-bond donors (Lipinski definition) is 3. The smallest absolute Gasteiger partial charge is 0.330 e. The highest BCUT2D eigenvalue weighted by Gasteiger charge is 2.17. The number of aryl methyl sites for hydroxylation is 2. The van der Waals surface area contributed by atoms with Crippen molar-refractivity contribution in [2.24, 2.45) is 0 Å². The molecule has 0 saturated heterocycles. The second kappa shape index (κ2) is 5.19. The number of carboxylic acid groups (broad SMARTS) is 1. The van der Waals surface area contributed by atoms with E-state index >= 15 is 0 Å². The van der Waals surface area contributed by atoms with E-state index < -0.39 is 17.2 Å². The Hall–Kier alpha value is -2.58. The first-order valence-corrected chi connectivity index (χ1v) is 6.18. The van der Waals surface area contributed by atoms with Gasteiger partial charge in [-0.25, -0.2) is 4.79 Å². The van der Waals surface area contributed by atoms with E-state index in [1.54, 1.807) is 18.4 Å². The first-order valence-electron chi connectivity index (χ1n) is 6.18. The monoisotopic (exact) mass is 281 g/mol. The van der Waals surface area contributed by atoms with Gasteiger partial charge in [0, 0.05) is 13.1 Å². The summed E-state index contributed by atoms with van der Waals surface area (Å²) in [6.45, 7) is 4.01. The molecule has 0 spiro atoms. The third kappa shape index (κ3) is 2.17. The molecule has 0 unspecified atom stereocenters. The standard InChI is InChI=1S/C11H15N5O4/c1-3-15-7-8(13-10(15)12-5-6(17)18)16(4-2)11(20)14-9(7)19/h3-5H2,1-2H3,(H,12,13)(H,17,18)(H,14,19,20). The molecule has 0 aromatic carbocycles. The van der Waals surface area contributed by atoms with E-state index in [1.807, 2.05) is 0 Å². The van der Waals surface area contributed by atoms with Gasteiger partial charge in [0.1, 0.15) is 6.54 Å². The summed E-state index contributed by atoms with van der Waals surface area (Å²) >= 11 is 0. The number of nitrogens with one attached hydrogen (secondary N) is 2. The van der Waals surface area contributed by atoms with Crippen LogP contribution in [0.15, 0.2) is 9.59 Å². The van der Waals surface area contributed by atoms with Crippen molar-refractivity contribution in [3.63, 3.8) is 0 Å². The molecule has 0 saturated carbocycles. The van der Waals surface area contributed by atoms with Crippen LogP contribution in [-0.2, 0) is 17.9 Å². The van der Waals surface area contributed by atoms with Crippen molar-refractivity contribution in [2.45, 2.75) is 26.9 Å². The molecule has 0 fully saturated rings. The van der Waals surface area contributed by atoms with Gasteiger partial charge in [-0.05, 0) is 13.8 Å². The minimum Gasteiger partial charge on any atom is -0.480 e. The van der Waals surface area contributed by atoms with Gasteiger partial charge in [-0.2, -0.15) is 4.98 Å². The highest BCUT2D eigenvalue weighted by atomic mass is 16.4. The van der Waals surface area contributed by atoms with Crippen LogP contribution in [0.3, 0.4) is 0 Å². The second-order valence-electron chi connectivity index (χ2n) is 4.10. The summed E-state index contributed by atoms with van der Waals surface area (Å²) in [6, 6.07) is 0. The maximum atomic E-state index is 11.9. The van der Waals surface area contributed by atoms with Crippen molar-refractivity contribution < 1.29 is 9.90 Å². The van der Waals surface area contributed by atoms with Crippen LogP contribution in [0.5, 0.6) is 0 Å². The fourth-order valence-electron chi connectivity index (χ4n) is 2.06. The first kappa shape index (κ1) is 13.8. The Labute approximate surface area is 112 Å². The maximum absolute atomic E-state index is 11.9. The average Bonchev–Trinajstić information content (AvgIpc) is 2.75. The predicted octanol–water partition coefficient (Wildman–Crippen LogP) is -0.577. The zero-order valence-electron chi connectivity index (χ0n) is 11.1. The molecule has 2 rings (SSSR count). The number of aromatic nitrogens is 4. The van der Waals surface area contributed by atoms with Crippen molar-refractivity contribution in [2.75, 3.05) is 11.9 Å². The van der Waals surface area contributed by atoms with Crippen molar-refractivity contribution in [3.05, 3.63) is 20.8 Å². The topological polar surface area (TPSA) is 122 Å². The largest absolute Gasteiger partial charge is 0.480 e. The zero-order valence-corrected chi connectivity index (χ0v) is 11.1. The Bertz CT molecular complexity index is 769. The fourth-order valence-corrected chi connectivity index (χ4v) is 2.06. The average molecular weight is 281 g/mol. The maximum Gasteiger partial charge on any atom is 0.330 e. The molecule has 2 heterocycles. The van der Waals surface area contributed by atoms with Crippen molar-refractivity contribution in [1.29, 1.82) is 0 Å². The summed E-state index contributed by atoms with van der Waals surface area (Å²) < 4.78 is 2.87. The molecule has 0 radical (unpaired) electrons. The van der Waals surface area contributed by atoms with Crippen LogP contribution in [0.1, 0.15) is 13.8 Å². The van der Waals surface area contributed by atoms with Gasteiger partial charge in [-0.3, -0.25) is 19.1 Å². The van der Waals surface area contributed by atoms with Gasteiger partial charge in [0.15, 0.2) is 11.2 Å². The number of anilines is 1. The van der Waals surface area contributed by atoms with Gasteiger partial charge in [-0.1, -0.05) is 0 Å². The number of aromatic amines is 1. The third-order valence-corrected chi connectivity index (χ3v) is 2.92. The zero-order chi connectivity index (χ0) is 14.9. The number of fused-ring (bicyclic) bond motifs is 1. The molecule has 0 aliphatic heterocycles. The number of carbonyl (C=O) groups is 1. The molecule has 0 aliphatic rings. The SMILES string of the molecule is CCn1c(NCC(=O)O)nc2c1c(=O)[nH]c(=O)n2CC. The lowest BCUT2D eigenvalue weighted by atomic mass is 10.5. The Balaban J connectivity index is 2.73. The van der Waals surface area contributed by atoms with E-state index in [9.17, 15) is 14.4 Å². The van der Waals surface area contributed by atoms with Crippen molar-refractivity contribution >= 4 is 23.1 Å². The van der Waals surface area contributed by atoms with E-state index in [1.165, 1.54) is 4.57 Å². The van der Waals surface area contributed by atoms with E-state index in [2.05, 4.69) is 15.3 Å². The lowest BCUT2D eigenvalue weighted by Crippen LogP contribution is -2.30. The number of imidazole rings is 1. The van der Waals surface area contributed by atoms with Gasteiger partial charge in [0.25, 0.3) is 5.56 Å². The molecule has 108 valence electrons. The van der Waals surface area contributed by atoms with Gasteiger partial charge in [-0.15, -0.1) is 0 Å². The minimum absolute atomic E-state index is 0.246. The molecular weight excluding hydrogens is 266 g/mol. The number of nitrogens with zero attached hydrogens (tertiary/aromatic N) is 3. The normalized spacial score (nSPS) is 10.9. The molecule has 2 aromatic rings. The van der Waals surface area contributed by atoms with Gasteiger partial charge >= 0.3 is 11.7 Å². The van der Waals surface area contributed by atoms with Crippen LogP contribution in [-0.4, -0.2) is 36.7 Å². The highest BCUT2D eigenvalue weighted by Crippen LogP contribution is 2.15. The molecule has 3 N–H and O–H groups in total. The number of hydrogen-bond acceptors (Lipinski definition) is 5. The third-order valence-electron chi connectivity index (χ3n) is 2.92. The van der Waals surface area contributed by atoms with E-state index in [4.69, 9.17) is 5.11 Å². The number of carboxylic acids is 1. The molecule has 0 aliphatic carbocycles. The summed E-state index contributed by atoms with van der Waals surface area (Å²) in [5.41, 5.74) is -0.569. The molecule has 0 atom stereocenters. The van der Waals surface area contributed by atoms with Gasteiger partial charge in [0.05, 0.1) is 0 Å². The Morgan fingerprint density at radius 1 is 1.30 bits per heavy atom. The quantitative estimate of drug-likeness (QED) is 0.674. The predicted molar refractivity (Wildman–Crippen MR) is 72.1 cm³/mol. The van der Waals surface area contributed by atoms with E-state index in [0.717, 1.165) is 0 Å². The Morgan fingerprint density at radius 3 is 2.50 bits per heavy atom. The second-order valence-corrected chi connectivity index (χ2v) is 4.10. The summed E-state index contributed by atoms with van der Waals surface area (Å²) in [6.07, 6.45) is 0. The molecule has 9 nitrogen and oxygen atoms in total. The molecule has 0 amide bonds. The first-order chi connectivity index (χ1) is 9.49. The summed E-state index contributed by atoms with van der Waals surface area (Å²) in [5.74, 6) is -0.787. The highest BCUT2D eigenvalue weighted by molar-refractivity contribution is 5.76. The van der Waals surface area contributed by atoms with Crippen LogP contribution in [0, 0.1) is 0 Å². The van der Waals surface area contributed by atoms with Gasteiger partial charge in [0.2, 0.25) is 5.95 Å². The lowest BCUT2D eigenvalue weighted by Gasteiger charge is -2.05. The summed E-state index contributed by atoms with van der Waals surface area (Å²) in [7, 11) is 0. The Kier molecular flexibility index (Phi) is 3.59. The number of H-pyrrole nitrogens is 1. The molecular formula is C11H15N5O4. The Morgan fingerprint density at radius 2 is 1.95 bits per heavy atom. The summed E-state index contributed by atoms with van der Waals surface area (Å²) in [4.78, 5) is 40.6. The van der Waals surface area contributed by atoms with Crippen LogP contribution in [0.4, 0.5) is 5.95 Å². The van der Waals surface area contributed by atoms with Crippen LogP contribution in [0.25, 0.3) is 11.2 Å². The fraction of sp³-hybridized carbons (Fsp3) is 0.455. The van der Waals surface area contributed by atoms with Crippen LogP contribution in [0.2, 0.25) is 0 Å². The van der Waals surface area contributed by atoms with Crippen molar-refractivity contribution in [3.8, 4) is 0 Å². The molecule has 0 bridgehead atoms. The van der Waals surface area contributed by atoms with Crippen molar-refractivity contribution in [1.82, 2.24) is 19.1 Å². The van der Waals surface area contributed by atoms with E-state index in [-0.39, 0.29) is 23.7 Å².